The van der Waals surface area contributed by atoms with Crippen LogP contribution in [0.2, 0.25) is 0 Å². The predicted octanol–water partition coefficient (Wildman–Crippen LogP) is 2.63. The molecule has 1 aromatic heterocycles. The number of nitrogens with zero attached hydrogens (tertiary/aromatic N) is 3. The van der Waals surface area contributed by atoms with Gasteiger partial charge in [-0.15, -0.1) is 0 Å². The van der Waals surface area contributed by atoms with Crippen molar-refractivity contribution in [2.75, 3.05) is 29.9 Å². The molecule has 0 amide bonds. The van der Waals surface area contributed by atoms with E-state index in [1.165, 1.54) is 5.56 Å². The molecule has 0 fully saturated rings. The van der Waals surface area contributed by atoms with Crippen LogP contribution in [0.15, 0.2) is 0 Å². The summed E-state index contributed by atoms with van der Waals surface area (Å²) in [6.07, 6.45) is 0.965. The number of aryl methyl sites for hydroxylation is 1. The summed E-state index contributed by atoms with van der Waals surface area (Å²) in [4.78, 5) is 11.4. The van der Waals surface area contributed by atoms with Crippen molar-refractivity contribution in [2.24, 2.45) is 0 Å². The molecule has 0 atom stereocenters. The lowest BCUT2D eigenvalue weighted by atomic mass is 10.1. The highest BCUT2D eigenvalue weighted by Crippen LogP contribution is 2.20. The number of nitrogens with one attached hydrogen (secondary N) is 1. The smallest absolute Gasteiger partial charge is 0.227 e. The number of hydrogen-bond donors (Lipinski definition) is 1. The topological polar surface area (TPSA) is 41.1 Å². The Bertz CT molecular complexity index is 359. The van der Waals surface area contributed by atoms with E-state index in [0.29, 0.717) is 0 Å². The molecule has 0 radical (unpaired) electrons. The van der Waals surface area contributed by atoms with Crippen LogP contribution < -0.4 is 10.2 Å². The molecule has 0 unspecified atom stereocenters. The molecule has 0 aliphatic carbocycles. The highest BCUT2D eigenvalue weighted by atomic mass is 15.3. The highest BCUT2D eigenvalue weighted by molar-refractivity contribution is 5.51. The summed E-state index contributed by atoms with van der Waals surface area (Å²) < 4.78 is 0. The monoisotopic (exact) mass is 236 g/mol. The average molecular weight is 236 g/mol. The zero-order chi connectivity index (χ0) is 12.8. The average Bonchev–Trinajstić information content (AvgIpc) is 2.31. The van der Waals surface area contributed by atoms with E-state index in [2.05, 4.69) is 54.8 Å². The van der Waals surface area contributed by atoms with Gasteiger partial charge in [0.1, 0.15) is 5.82 Å². The van der Waals surface area contributed by atoms with Crippen molar-refractivity contribution in [1.29, 1.82) is 0 Å². The van der Waals surface area contributed by atoms with Crippen molar-refractivity contribution in [3.05, 3.63) is 11.3 Å². The summed E-state index contributed by atoms with van der Waals surface area (Å²) in [6.45, 7) is 13.3. The summed E-state index contributed by atoms with van der Waals surface area (Å²) in [5.41, 5.74) is 2.31. The standard InChI is InChI=1S/C13H24N4/c1-6-11-10(5)15-13(17(8-3)9-4)16-12(11)14-7-2/h6-9H2,1-5H3,(H,14,15,16). The molecule has 0 bridgehead atoms. The second-order valence-electron chi connectivity index (χ2n) is 3.99. The van der Waals surface area contributed by atoms with E-state index in [-0.39, 0.29) is 0 Å². The molecule has 1 aromatic rings. The van der Waals surface area contributed by atoms with Gasteiger partial charge in [0.15, 0.2) is 0 Å². The fourth-order valence-electron chi connectivity index (χ4n) is 1.97. The summed E-state index contributed by atoms with van der Waals surface area (Å²) >= 11 is 0. The lowest BCUT2D eigenvalue weighted by molar-refractivity contribution is 0.810. The van der Waals surface area contributed by atoms with Gasteiger partial charge < -0.3 is 10.2 Å². The third kappa shape index (κ3) is 3.08. The molecule has 0 saturated heterocycles. The molecular weight excluding hydrogens is 212 g/mol. The molecule has 0 aliphatic rings. The van der Waals surface area contributed by atoms with Crippen LogP contribution in [0, 0.1) is 6.92 Å². The molecule has 1 heterocycles. The van der Waals surface area contributed by atoms with Crippen molar-refractivity contribution in [3.8, 4) is 0 Å². The number of hydrogen-bond acceptors (Lipinski definition) is 4. The van der Waals surface area contributed by atoms with E-state index in [4.69, 9.17) is 0 Å². The maximum absolute atomic E-state index is 4.64. The van der Waals surface area contributed by atoms with E-state index in [1.54, 1.807) is 0 Å². The van der Waals surface area contributed by atoms with Gasteiger partial charge in [-0.25, -0.2) is 4.98 Å². The Labute approximate surface area is 104 Å². The molecule has 4 nitrogen and oxygen atoms in total. The minimum Gasteiger partial charge on any atom is -0.370 e. The zero-order valence-electron chi connectivity index (χ0n) is 11.7. The molecule has 1 N–H and O–H groups in total. The molecule has 0 spiro atoms. The van der Waals surface area contributed by atoms with Gasteiger partial charge in [-0.2, -0.15) is 4.98 Å². The highest BCUT2D eigenvalue weighted by Gasteiger charge is 2.12. The van der Waals surface area contributed by atoms with Gasteiger partial charge in [-0.3, -0.25) is 0 Å². The molecule has 0 aliphatic heterocycles. The minimum absolute atomic E-state index is 0.834. The second kappa shape index (κ2) is 6.42. The normalized spacial score (nSPS) is 10.4. The van der Waals surface area contributed by atoms with Crippen LogP contribution in [0.25, 0.3) is 0 Å². The third-order valence-electron chi connectivity index (χ3n) is 2.95. The van der Waals surface area contributed by atoms with Crippen LogP contribution in [0.3, 0.4) is 0 Å². The van der Waals surface area contributed by atoms with Crippen molar-refractivity contribution in [3.63, 3.8) is 0 Å². The first-order valence-corrected chi connectivity index (χ1v) is 6.54. The van der Waals surface area contributed by atoms with Crippen LogP contribution in [-0.4, -0.2) is 29.6 Å². The minimum atomic E-state index is 0.834. The van der Waals surface area contributed by atoms with Gasteiger partial charge in [0.05, 0.1) is 0 Å². The van der Waals surface area contributed by atoms with Crippen molar-refractivity contribution < 1.29 is 0 Å². The molecule has 0 saturated carbocycles. The molecule has 0 aromatic carbocycles. The Morgan fingerprint density at radius 2 is 1.71 bits per heavy atom. The Balaban J connectivity index is 3.17. The summed E-state index contributed by atoms with van der Waals surface area (Å²) in [5.74, 6) is 1.82. The molecular formula is C13H24N4. The second-order valence-corrected chi connectivity index (χ2v) is 3.99. The fraction of sp³-hybridized carbons (Fsp3) is 0.692. The van der Waals surface area contributed by atoms with Crippen LogP contribution in [-0.2, 0) is 6.42 Å². The Morgan fingerprint density at radius 3 is 2.18 bits per heavy atom. The SMILES string of the molecule is CCNc1nc(N(CC)CC)nc(C)c1CC. The van der Waals surface area contributed by atoms with Gasteiger partial charge in [0.2, 0.25) is 5.95 Å². The first-order valence-electron chi connectivity index (χ1n) is 6.54. The third-order valence-corrected chi connectivity index (χ3v) is 2.95. The first-order chi connectivity index (χ1) is 8.17. The Morgan fingerprint density at radius 1 is 1.06 bits per heavy atom. The summed E-state index contributed by atoms with van der Waals surface area (Å²) in [6, 6.07) is 0. The fourth-order valence-corrected chi connectivity index (χ4v) is 1.97. The van der Waals surface area contributed by atoms with E-state index in [0.717, 1.165) is 43.5 Å². The van der Waals surface area contributed by atoms with Gasteiger partial charge in [0, 0.05) is 30.9 Å². The quantitative estimate of drug-likeness (QED) is 0.824. The predicted molar refractivity (Wildman–Crippen MR) is 73.9 cm³/mol. The van der Waals surface area contributed by atoms with Crippen molar-refractivity contribution in [1.82, 2.24) is 9.97 Å². The summed E-state index contributed by atoms with van der Waals surface area (Å²) in [7, 11) is 0. The lowest BCUT2D eigenvalue weighted by Gasteiger charge is -2.21. The van der Waals surface area contributed by atoms with E-state index < -0.39 is 0 Å². The van der Waals surface area contributed by atoms with Gasteiger partial charge in [-0.05, 0) is 34.1 Å². The molecule has 4 heteroatoms. The van der Waals surface area contributed by atoms with Gasteiger partial charge >= 0.3 is 0 Å². The summed E-state index contributed by atoms with van der Waals surface area (Å²) in [5, 5.41) is 3.33. The van der Waals surface area contributed by atoms with Crippen molar-refractivity contribution in [2.45, 2.75) is 41.0 Å². The van der Waals surface area contributed by atoms with Crippen LogP contribution >= 0.6 is 0 Å². The maximum Gasteiger partial charge on any atom is 0.227 e. The maximum atomic E-state index is 4.64. The van der Waals surface area contributed by atoms with Gasteiger partial charge in [0.25, 0.3) is 0 Å². The van der Waals surface area contributed by atoms with Crippen LogP contribution in [0.1, 0.15) is 39.0 Å². The first kappa shape index (κ1) is 13.7. The molecule has 1 rings (SSSR count). The van der Waals surface area contributed by atoms with Gasteiger partial charge in [-0.1, -0.05) is 6.92 Å². The number of anilines is 2. The van der Waals surface area contributed by atoms with E-state index in [9.17, 15) is 0 Å². The Kier molecular flexibility index (Phi) is 5.19. The lowest BCUT2D eigenvalue weighted by Crippen LogP contribution is -2.25. The largest absolute Gasteiger partial charge is 0.370 e. The van der Waals surface area contributed by atoms with Crippen molar-refractivity contribution >= 4 is 11.8 Å². The van der Waals surface area contributed by atoms with E-state index >= 15 is 0 Å². The van der Waals surface area contributed by atoms with Crippen LogP contribution in [0.4, 0.5) is 11.8 Å². The van der Waals surface area contributed by atoms with E-state index in [1.807, 2.05) is 0 Å². The zero-order valence-corrected chi connectivity index (χ0v) is 11.7. The number of rotatable bonds is 6. The number of aromatic nitrogens is 2. The Hall–Kier alpha value is -1.32. The molecule has 96 valence electrons. The van der Waals surface area contributed by atoms with Crippen LogP contribution in [0.5, 0.6) is 0 Å². The molecule has 17 heavy (non-hydrogen) atoms.